The number of benzene rings is 2. The number of urea groups is 2. The van der Waals surface area contributed by atoms with Gasteiger partial charge in [-0.2, -0.15) is 0 Å². The highest BCUT2D eigenvalue weighted by Gasteiger charge is 2.29. The van der Waals surface area contributed by atoms with Crippen LogP contribution in [0, 0.1) is 0 Å². The van der Waals surface area contributed by atoms with Crippen LogP contribution in [0.1, 0.15) is 26.2 Å². The second kappa shape index (κ2) is 10.1. The molecule has 28 heavy (non-hydrogen) atoms. The van der Waals surface area contributed by atoms with E-state index in [0.29, 0.717) is 21.4 Å². The fourth-order valence-electron chi connectivity index (χ4n) is 2.41. The second-order valence-corrected chi connectivity index (χ2v) is 8.29. The summed E-state index contributed by atoms with van der Waals surface area (Å²) < 4.78 is 26.4. The number of anilines is 1. The van der Waals surface area contributed by atoms with Crippen molar-refractivity contribution >= 4 is 39.4 Å². The quantitative estimate of drug-likeness (QED) is 0.642. The highest BCUT2D eigenvalue weighted by molar-refractivity contribution is 7.89. The number of sulfonamides is 1. The van der Waals surface area contributed by atoms with Crippen molar-refractivity contribution in [3.63, 3.8) is 0 Å². The lowest BCUT2D eigenvalue weighted by atomic mass is 10.2. The monoisotopic (exact) mass is 423 g/mol. The van der Waals surface area contributed by atoms with Crippen LogP contribution < -0.4 is 10.6 Å². The van der Waals surface area contributed by atoms with Crippen LogP contribution in [0.4, 0.5) is 15.3 Å². The van der Waals surface area contributed by atoms with Gasteiger partial charge in [-0.25, -0.2) is 22.3 Å². The number of nitrogens with one attached hydrogen (secondary N) is 2. The zero-order chi connectivity index (χ0) is 20.6. The molecule has 7 nitrogen and oxygen atoms in total. The molecule has 0 aliphatic carbocycles. The number of carbonyl (C=O) groups excluding carboxylic acids is 2. The Labute approximate surface area is 169 Å². The molecule has 0 unspecified atom stereocenters. The lowest BCUT2D eigenvalue weighted by Gasteiger charge is -2.22. The van der Waals surface area contributed by atoms with Crippen molar-refractivity contribution < 1.29 is 18.0 Å². The smallest absolute Gasteiger partial charge is 0.308 e. The van der Waals surface area contributed by atoms with Gasteiger partial charge < -0.3 is 5.32 Å². The summed E-state index contributed by atoms with van der Waals surface area (Å²) in [5.41, 5.74) is 0.415. The number of hydrogen-bond acceptors (Lipinski definition) is 4. The van der Waals surface area contributed by atoms with E-state index in [1.807, 2.05) is 6.92 Å². The number of amides is 4. The molecule has 2 N–H and O–H groups in total. The highest BCUT2D eigenvalue weighted by Crippen LogP contribution is 2.17. The number of carbonyl (C=O) groups is 2. The fourth-order valence-corrected chi connectivity index (χ4v) is 3.93. The SMILES string of the molecule is CCCCCN(C(=O)NC(=O)Nc1ccc(Cl)cc1)S(=O)(=O)c1ccccc1. The van der Waals surface area contributed by atoms with Gasteiger partial charge in [-0.1, -0.05) is 49.6 Å². The Morgan fingerprint density at radius 1 is 1.00 bits per heavy atom. The van der Waals surface area contributed by atoms with E-state index < -0.39 is 22.1 Å². The van der Waals surface area contributed by atoms with E-state index >= 15 is 0 Å². The maximum Gasteiger partial charge on any atom is 0.339 e. The predicted octanol–water partition coefficient (Wildman–Crippen LogP) is 4.46. The average molecular weight is 424 g/mol. The largest absolute Gasteiger partial charge is 0.339 e. The summed E-state index contributed by atoms with van der Waals surface area (Å²) in [6.45, 7) is 1.95. The van der Waals surface area contributed by atoms with Crippen LogP contribution in [0.15, 0.2) is 59.5 Å². The summed E-state index contributed by atoms with van der Waals surface area (Å²) in [5, 5.41) is 5.03. The van der Waals surface area contributed by atoms with Crippen molar-refractivity contribution in [3.05, 3.63) is 59.6 Å². The van der Waals surface area contributed by atoms with Gasteiger partial charge in [0, 0.05) is 17.3 Å². The second-order valence-electron chi connectivity index (χ2n) is 5.99. The normalized spacial score (nSPS) is 10.9. The Hall–Kier alpha value is -2.58. The molecule has 0 atom stereocenters. The van der Waals surface area contributed by atoms with E-state index in [4.69, 9.17) is 11.6 Å². The lowest BCUT2D eigenvalue weighted by molar-refractivity contribution is 0.218. The Kier molecular flexibility index (Phi) is 7.83. The molecule has 2 aromatic rings. The molecule has 0 spiro atoms. The van der Waals surface area contributed by atoms with Gasteiger partial charge in [-0.05, 0) is 42.8 Å². The standard InChI is InChI=1S/C19H22ClN3O4S/c1-2-3-7-14-23(28(26,27)17-8-5-4-6-9-17)19(25)22-18(24)21-16-12-10-15(20)11-13-16/h4-6,8-13H,2-3,7,14H2,1H3,(H2,21,22,24,25). The van der Waals surface area contributed by atoms with Gasteiger partial charge in [-0.15, -0.1) is 0 Å². The average Bonchev–Trinajstić information content (AvgIpc) is 2.67. The van der Waals surface area contributed by atoms with E-state index in [0.717, 1.165) is 12.8 Å². The van der Waals surface area contributed by atoms with Crippen molar-refractivity contribution in [2.75, 3.05) is 11.9 Å². The van der Waals surface area contributed by atoms with Crippen molar-refractivity contribution in [1.82, 2.24) is 9.62 Å². The van der Waals surface area contributed by atoms with Crippen LogP contribution in [-0.2, 0) is 10.0 Å². The van der Waals surface area contributed by atoms with Crippen LogP contribution in [0.5, 0.6) is 0 Å². The molecule has 9 heteroatoms. The molecule has 0 saturated carbocycles. The first kappa shape index (κ1) is 21.7. The third kappa shape index (κ3) is 5.97. The number of hydrogen-bond donors (Lipinski definition) is 2. The molecule has 2 rings (SSSR count). The van der Waals surface area contributed by atoms with Crippen molar-refractivity contribution in [2.24, 2.45) is 0 Å². The van der Waals surface area contributed by atoms with Crippen molar-refractivity contribution in [3.8, 4) is 0 Å². The van der Waals surface area contributed by atoms with Gasteiger partial charge in [0.25, 0.3) is 10.0 Å². The molecule has 0 aromatic heterocycles. The molecule has 0 bridgehead atoms. The number of nitrogens with zero attached hydrogens (tertiary/aromatic N) is 1. The Morgan fingerprint density at radius 2 is 1.64 bits per heavy atom. The maximum absolute atomic E-state index is 12.9. The molecule has 4 amide bonds. The van der Waals surface area contributed by atoms with Gasteiger partial charge in [0.1, 0.15) is 0 Å². The van der Waals surface area contributed by atoms with Crippen molar-refractivity contribution in [1.29, 1.82) is 0 Å². The summed E-state index contributed by atoms with van der Waals surface area (Å²) in [4.78, 5) is 24.7. The van der Waals surface area contributed by atoms with Gasteiger partial charge in [0.05, 0.1) is 4.90 Å². The third-order valence-electron chi connectivity index (χ3n) is 3.85. The van der Waals surface area contributed by atoms with Gasteiger partial charge >= 0.3 is 12.1 Å². The minimum Gasteiger partial charge on any atom is -0.308 e. The first-order chi connectivity index (χ1) is 13.3. The minimum absolute atomic E-state index is 0.0141. The van der Waals surface area contributed by atoms with E-state index in [2.05, 4.69) is 10.6 Å². The number of imide groups is 1. The zero-order valence-electron chi connectivity index (χ0n) is 15.4. The molecule has 0 saturated heterocycles. The molecule has 0 heterocycles. The minimum atomic E-state index is -4.08. The van der Waals surface area contributed by atoms with E-state index in [1.54, 1.807) is 42.5 Å². The molecule has 0 radical (unpaired) electrons. The third-order valence-corrected chi connectivity index (χ3v) is 5.89. The number of rotatable bonds is 7. The van der Waals surface area contributed by atoms with Crippen LogP contribution in [0.2, 0.25) is 5.02 Å². The van der Waals surface area contributed by atoms with Gasteiger partial charge in [0.15, 0.2) is 0 Å². The van der Waals surface area contributed by atoms with Gasteiger partial charge in [-0.3, -0.25) is 5.32 Å². The Bertz CT molecular complexity index is 903. The molecular weight excluding hydrogens is 402 g/mol. The summed E-state index contributed by atoms with van der Waals surface area (Å²) in [7, 11) is -4.08. The summed E-state index contributed by atoms with van der Waals surface area (Å²) in [6.07, 6.45) is 2.11. The molecule has 0 aliphatic rings. The molecule has 0 aliphatic heterocycles. The lowest BCUT2D eigenvalue weighted by Crippen LogP contribution is -2.47. The van der Waals surface area contributed by atoms with Crippen molar-refractivity contribution in [2.45, 2.75) is 31.1 Å². The highest BCUT2D eigenvalue weighted by atomic mass is 35.5. The first-order valence-corrected chi connectivity index (χ1v) is 10.6. The van der Waals surface area contributed by atoms with Gasteiger partial charge in [0.2, 0.25) is 0 Å². The fraction of sp³-hybridized carbons (Fsp3) is 0.263. The van der Waals surface area contributed by atoms with Crippen LogP contribution in [0.3, 0.4) is 0 Å². The zero-order valence-corrected chi connectivity index (χ0v) is 17.0. The van der Waals surface area contributed by atoms with E-state index in [1.165, 1.54) is 12.1 Å². The van der Waals surface area contributed by atoms with Crippen LogP contribution in [0.25, 0.3) is 0 Å². The molecule has 2 aromatic carbocycles. The Morgan fingerprint density at radius 3 is 2.25 bits per heavy atom. The maximum atomic E-state index is 12.9. The molecule has 0 fully saturated rings. The van der Waals surface area contributed by atoms with Crippen LogP contribution >= 0.6 is 11.6 Å². The van der Waals surface area contributed by atoms with Crippen LogP contribution in [-0.4, -0.2) is 31.3 Å². The summed E-state index contributed by atoms with van der Waals surface area (Å²) >= 11 is 5.79. The first-order valence-electron chi connectivity index (χ1n) is 8.80. The van der Waals surface area contributed by atoms with E-state index in [9.17, 15) is 18.0 Å². The predicted molar refractivity (Wildman–Crippen MR) is 109 cm³/mol. The molecular formula is C19H22ClN3O4S. The number of unbranched alkanes of at least 4 members (excludes halogenated alkanes) is 2. The molecule has 150 valence electrons. The topological polar surface area (TPSA) is 95.6 Å². The number of halogens is 1. The Balaban J connectivity index is 2.14. The van der Waals surface area contributed by atoms with E-state index in [-0.39, 0.29) is 11.4 Å². The summed E-state index contributed by atoms with van der Waals surface area (Å²) in [6, 6.07) is 12.1. The summed E-state index contributed by atoms with van der Waals surface area (Å²) in [5.74, 6) is 0.